The van der Waals surface area contributed by atoms with Crippen LogP contribution in [0.5, 0.6) is 0 Å². The Labute approximate surface area is 108 Å². The Morgan fingerprint density at radius 3 is 2.28 bits per heavy atom. The van der Waals surface area contributed by atoms with Crippen molar-refractivity contribution in [1.82, 2.24) is 4.90 Å². The van der Waals surface area contributed by atoms with Gasteiger partial charge < -0.3 is 10.6 Å². The second-order valence-corrected chi connectivity index (χ2v) is 5.82. The van der Waals surface area contributed by atoms with E-state index in [-0.39, 0.29) is 10.6 Å². The molecule has 0 atom stereocenters. The first-order valence-corrected chi connectivity index (χ1v) is 7.42. The predicted octanol–water partition coefficient (Wildman–Crippen LogP) is 0.911. The van der Waals surface area contributed by atoms with E-state index < -0.39 is 21.5 Å². The summed E-state index contributed by atoms with van der Waals surface area (Å²) in [4.78, 5) is 13.3. The number of hydrogen-bond acceptors (Lipinski definition) is 4. The summed E-state index contributed by atoms with van der Waals surface area (Å²) in [5.41, 5.74) is 5.79. The van der Waals surface area contributed by atoms with Gasteiger partial charge in [0.15, 0.2) is 9.84 Å². The second kappa shape index (κ2) is 5.86. The van der Waals surface area contributed by atoms with Gasteiger partial charge in [0.1, 0.15) is 5.75 Å². The molecule has 1 amide bonds. The molecule has 0 radical (unpaired) electrons. The van der Waals surface area contributed by atoms with E-state index in [0.717, 1.165) is 0 Å². The van der Waals surface area contributed by atoms with Crippen LogP contribution < -0.4 is 5.73 Å². The molecule has 0 heterocycles. The maximum atomic E-state index is 12.1. The van der Waals surface area contributed by atoms with Crippen LogP contribution in [-0.4, -0.2) is 38.1 Å². The van der Waals surface area contributed by atoms with Crippen LogP contribution in [0.3, 0.4) is 0 Å². The fourth-order valence-corrected chi connectivity index (χ4v) is 3.05. The van der Waals surface area contributed by atoms with Gasteiger partial charge in [0.25, 0.3) is 0 Å². The summed E-state index contributed by atoms with van der Waals surface area (Å²) in [6.07, 6.45) is 0. The minimum absolute atomic E-state index is 0.0190. The van der Waals surface area contributed by atoms with Gasteiger partial charge >= 0.3 is 0 Å². The first-order chi connectivity index (χ1) is 8.42. The van der Waals surface area contributed by atoms with Gasteiger partial charge in [-0.2, -0.15) is 0 Å². The molecular weight excluding hydrogens is 252 g/mol. The maximum absolute atomic E-state index is 12.1. The molecule has 100 valence electrons. The topological polar surface area (TPSA) is 80.5 Å². The summed E-state index contributed by atoms with van der Waals surface area (Å²) in [5, 5.41) is 0. The highest BCUT2D eigenvalue weighted by molar-refractivity contribution is 7.92. The third-order valence-electron chi connectivity index (χ3n) is 2.68. The zero-order valence-corrected chi connectivity index (χ0v) is 11.4. The third kappa shape index (κ3) is 3.22. The van der Waals surface area contributed by atoms with Gasteiger partial charge in [0.2, 0.25) is 5.91 Å². The summed E-state index contributed by atoms with van der Waals surface area (Å²) in [5.74, 6) is -0.939. The van der Waals surface area contributed by atoms with E-state index in [0.29, 0.717) is 13.1 Å². The minimum Gasteiger partial charge on any atom is -0.398 e. The molecule has 0 saturated heterocycles. The lowest BCUT2D eigenvalue weighted by atomic mass is 10.3. The third-order valence-corrected chi connectivity index (χ3v) is 4.35. The van der Waals surface area contributed by atoms with Gasteiger partial charge in [-0.15, -0.1) is 0 Å². The Bertz CT molecular complexity index is 522. The number of nitrogens with two attached hydrogens (primary N) is 1. The zero-order chi connectivity index (χ0) is 13.8. The molecule has 0 unspecified atom stereocenters. The molecule has 6 heteroatoms. The highest BCUT2D eigenvalue weighted by Crippen LogP contribution is 2.19. The van der Waals surface area contributed by atoms with E-state index in [1.165, 1.54) is 17.0 Å². The fourth-order valence-electron chi connectivity index (χ4n) is 1.67. The number of hydrogen-bond donors (Lipinski definition) is 1. The van der Waals surface area contributed by atoms with Crippen molar-refractivity contribution in [2.45, 2.75) is 18.7 Å². The van der Waals surface area contributed by atoms with Gasteiger partial charge in [0.05, 0.1) is 10.6 Å². The van der Waals surface area contributed by atoms with E-state index in [1.54, 1.807) is 12.1 Å². The molecule has 0 aliphatic rings. The van der Waals surface area contributed by atoms with Crippen molar-refractivity contribution in [2.24, 2.45) is 0 Å². The molecule has 0 aliphatic carbocycles. The Balaban J connectivity index is 2.97. The summed E-state index contributed by atoms with van der Waals surface area (Å²) in [6.45, 7) is 4.61. The van der Waals surface area contributed by atoms with Crippen LogP contribution in [0.15, 0.2) is 29.2 Å². The van der Waals surface area contributed by atoms with Crippen molar-refractivity contribution >= 4 is 21.4 Å². The monoisotopic (exact) mass is 270 g/mol. The number of nitrogens with zero attached hydrogens (tertiary/aromatic N) is 1. The summed E-state index contributed by atoms with van der Waals surface area (Å²) >= 11 is 0. The van der Waals surface area contributed by atoms with Crippen LogP contribution in [0.4, 0.5) is 5.69 Å². The molecule has 0 aliphatic heterocycles. The number of benzene rings is 1. The number of carbonyl (C=O) groups excluding carboxylic acids is 1. The predicted molar refractivity (Wildman–Crippen MR) is 70.8 cm³/mol. The molecule has 1 aromatic carbocycles. The average molecular weight is 270 g/mol. The lowest BCUT2D eigenvalue weighted by molar-refractivity contribution is -0.128. The molecule has 0 fully saturated rings. The first kappa shape index (κ1) is 14.5. The van der Waals surface area contributed by atoms with Crippen LogP contribution in [0.1, 0.15) is 13.8 Å². The molecule has 0 spiro atoms. The standard InChI is InChI=1S/C12H18N2O3S/c1-3-14(4-2)12(15)9-18(16,17)11-8-6-5-7-10(11)13/h5-8H,3-4,9,13H2,1-2H3. The fraction of sp³-hybridized carbons (Fsp3) is 0.417. The van der Waals surface area contributed by atoms with E-state index in [9.17, 15) is 13.2 Å². The van der Waals surface area contributed by atoms with Gasteiger partial charge in [-0.25, -0.2) is 8.42 Å². The number of rotatable bonds is 5. The van der Waals surface area contributed by atoms with Crippen molar-refractivity contribution in [3.05, 3.63) is 24.3 Å². The van der Waals surface area contributed by atoms with Crippen molar-refractivity contribution in [3.63, 3.8) is 0 Å². The SMILES string of the molecule is CCN(CC)C(=O)CS(=O)(=O)c1ccccc1N. The minimum atomic E-state index is -3.67. The molecule has 2 N–H and O–H groups in total. The Kier molecular flexibility index (Phi) is 4.72. The van der Waals surface area contributed by atoms with Crippen molar-refractivity contribution in [2.75, 3.05) is 24.6 Å². The van der Waals surface area contributed by atoms with Crippen LogP contribution in [0, 0.1) is 0 Å². The quantitative estimate of drug-likeness (QED) is 0.806. The number of carbonyl (C=O) groups is 1. The molecule has 0 aromatic heterocycles. The van der Waals surface area contributed by atoms with Crippen molar-refractivity contribution < 1.29 is 13.2 Å². The van der Waals surface area contributed by atoms with Gasteiger partial charge in [-0.1, -0.05) is 12.1 Å². The van der Waals surface area contributed by atoms with Crippen LogP contribution >= 0.6 is 0 Å². The molecule has 5 nitrogen and oxygen atoms in total. The van der Waals surface area contributed by atoms with Gasteiger partial charge in [-0.3, -0.25) is 4.79 Å². The molecule has 0 saturated carbocycles. The number of anilines is 1. The second-order valence-electron chi connectivity index (χ2n) is 3.86. The van der Waals surface area contributed by atoms with Gasteiger partial charge in [-0.05, 0) is 26.0 Å². The smallest absolute Gasteiger partial charge is 0.238 e. The van der Waals surface area contributed by atoms with E-state index >= 15 is 0 Å². The largest absolute Gasteiger partial charge is 0.398 e. The molecule has 18 heavy (non-hydrogen) atoms. The van der Waals surface area contributed by atoms with E-state index in [4.69, 9.17) is 5.73 Å². The molecule has 1 aromatic rings. The lowest BCUT2D eigenvalue weighted by Crippen LogP contribution is -2.35. The van der Waals surface area contributed by atoms with Crippen LogP contribution in [-0.2, 0) is 14.6 Å². The van der Waals surface area contributed by atoms with Crippen molar-refractivity contribution in [3.8, 4) is 0 Å². The average Bonchev–Trinajstić information content (AvgIpc) is 2.30. The normalized spacial score (nSPS) is 11.2. The Hall–Kier alpha value is -1.56. The zero-order valence-electron chi connectivity index (χ0n) is 10.6. The van der Waals surface area contributed by atoms with Crippen LogP contribution in [0.2, 0.25) is 0 Å². The van der Waals surface area contributed by atoms with E-state index in [1.807, 2.05) is 13.8 Å². The van der Waals surface area contributed by atoms with Gasteiger partial charge in [0, 0.05) is 13.1 Å². The summed E-state index contributed by atoms with van der Waals surface area (Å²) in [7, 11) is -3.67. The Morgan fingerprint density at radius 1 is 1.22 bits per heavy atom. The number of para-hydroxylation sites is 1. The lowest BCUT2D eigenvalue weighted by Gasteiger charge is -2.18. The number of sulfone groups is 1. The first-order valence-electron chi connectivity index (χ1n) is 5.77. The number of nitrogen functional groups attached to an aromatic ring is 1. The highest BCUT2D eigenvalue weighted by Gasteiger charge is 2.23. The molecule has 1 rings (SSSR count). The maximum Gasteiger partial charge on any atom is 0.238 e. The molecular formula is C12H18N2O3S. The van der Waals surface area contributed by atoms with E-state index in [2.05, 4.69) is 0 Å². The molecule has 0 bridgehead atoms. The Morgan fingerprint density at radius 2 is 1.78 bits per heavy atom. The highest BCUT2D eigenvalue weighted by atomic mass is 32.2. The van der Waals surface area contributed by atoms with Crippen molar-refractivity contribution in [1.29, 1.82) is 0 Å². The summed E-state index contributed by atoms with van der Waals surface area (Å²) < 4.78 is 24.1. The number of amides is 1. The van der Waals surface area contributed by atoms with Crippen LogP contribution in [0.25, 0.3) is 0 Å². The summed E-state index contributed by atoms with van der Waals surface area (Å²) in [6, 6.07) is 6.17.